The quantitative estimate of drug-likeness (QED) is 0.708. The summed E-state index contributed by atoms with van der Waals surface area (Å²) in [6, 6.07) is 14.3. The Balaban J connectivity index is 2.08. The third-order valence-corrected chi connectivity index (χ3v) is 3.73. The van der Waals surface area contributed by atoms with Crippen LogP contribution in [-0.2, 0) is 0 Å². The third kappa shape index (κ3) is 2.74. The summed E-state index contributed by atoms with van der Waals surface area (Å²) in [7, 11) is 0. The number of halogens is 1. The molecule has 0 spiro atoms. The van der Waals surface area contributed by atoms with E-state index in [1.165, 1.54) is 6.26 Å². The molecular weight excluding hydrogens is 346 g/mol. The predicted molar refractivity (Wildman–Crippen MR) is 86.7 cm³/mol. The van der Waals surface area contributed by atoms with Gasteiger partial charge in [-0.2, -0.15) is 5.26 Å². The summed E-state index contributed by atoms with van der Waals surface area (Å²) in [6.45, 7) is -0.0489. The van der Waals surface area contributed by atoms with Crippen LogP contribution in [0.25, 0.3) is 22.1 Å². The van der Waals surface area contributed by atoms with Gasteiger partial charge in [-0.15, -0.1) is 0 Å². The van der Waals surface area contributed by atoms with Crippen molar-refractivity contribution in [2.24, 2.45) is 0 Å². The molecule has 0 saturated heterocycles. The lowest BCUT2D eigenvalue weighted by Crippen LogP contribution is -2.05. The van der Waals surface area contributed by atoms with Crippen LogP contribution < -0.4 is 10.2 Å². The van der Waals surface area contributed by atoms with Crippen molar-refractivity contribution in [1.29, 1.82) is 5.26 Å². The molecule has 2 aromatic carbocycles. The van der Waals surface area contributed by atoms with E-state index in [0.29, 0.717) is 22.3 Å². The summed E-state index contributed by atoms with van der Waals surface area (Å²) in [5.74, 6) is 0.494. The van der Waals surface area contributed by atoms with E-state index in [4.69, 9.17) is 14.4 Å². The SMILES string of the molecule is N#CCOc1ccc2c(=O)c(-c3ccc(Br)cc3)coc2c1. The molecule has 3 rings (SSSR count). The molecule has 0 N–H and O–H groups in total. The first-order valence-corrected chi connectivity index (χ1v) is 7.29. The molecule has 1 heterocycles. The lowest BCUT2D eigenvalue weighted by atomic mass is 10.1. The molecule has 0 saturated carbocycles. The van der Waals surface area contributed by atoms with Crippen LogP contribution in [0.1, 0.15) is 0 Å². The number of fused-ring (bicyclic) bond motifs is 1. The second kappa shape index (κ2) is 6.04. The topological polar surface area (TPSA) is 63.2 Å². The Kier molecular flexibility index (Phi) is 3.94. The van der Waals surface area contributed by atoms with Gasteiger partial charge < -0.3 is 9.15 Å². The van der Waals surface area contributed by atoms with E-state index in [1.807, 2.05) is 30.3 Å². The van der Waals surface area contributed by atoms with Crippen molar-refractivity contribution in [3.63, 3.8) is 0 Å². The van der Waals surface area contributed by atoms with Crippen molar-refractivity contribution < 1.29 is 9.15 Å². The molecule has 0 fully saturated rings. The lowest BCUT2D eigenvalue weighted by Gasteiger charge is -2.05. The molecule has 0 atom stereocenters. The van der Waals surface area contributed by atoms with Crippen LogP contribution in [0.4, 0.5) is 0 Å². The number of hydrogen-bond acceptors (Lipinski definition) is 4. The average Bonchev–Trinajstić information content (AvgIpc) is 2.54. The van der Waals surface area contributed by atoms with Crippen LogP contribution >= 0.6 is 15.9 Å². The van der Waals surface area contributed by atoms with E-state index in [-0.39, 0.29) is 12.0 Å². The number of ether oxygens (including phenoxy) is 1. The van der Waals surface area contributed by atoms with Crippen LogP contribution in [-0.4, -0.2) is 6.61 Å². The summed E-state index contributed by atoms with van der Waals surface area (Å²) >= 11 is 3.37. The average molecular weight is 356 g/mol. The summed E-state index contributed by atoms with van der Waals surface area (Å²) in [5.41, 5.74) is 1.63. The molecular formula is C17H10BrNO3. The van der Waals surface area contributed by atoms with Gasteiger partial charge in [0.25, 0.3) is 0 Å². The Labute approximate surface area is 134 Å². The Hall–Kier alpha value is -2.58. The van der Waals surface area contributed by atoms with Crippen molar-refractivity contribution in [3.8, 4) is 22.9 Å². The Morgan fingerprint density at radius 3 is 2.68 bits per heavy atom. The molecule has 3 aromatic rings. The Morgan fingerprint density at radius 2 is 1.95 bits per heavy atom. The maximum Gasteiger partial charge on any atom is 0.200 e. The van der Waals surface area contributed by atoms with Gasteiger partial charge in [-0.05, 0) is 29.8 Å². The first-order valence-electron chi connectivity index (χ1n) is 6.50. The van der Waals surface area contributed by atoms with E-state index < -0.39 is 0 Å². The van der Waals surface area contributed by atoms with Gasteiger partial charge in [-0.25, -0.2) is 0 Å². The van der Waals surface area contributed by atoms with E-state index >= 15 is 0 Å². The number of nitriles is 1. The zero-order valence-electron chi connectivity index (χ0n) is 11.4. The largest absolute Gasteiger partial charge is 0.479 e. The second-order valence-corrected chi connectivity index (χ2v) is 5.51. The first kappa shape index (κ1) is 14.4. The maximum atomic E-state index is 12.6. The van der Waals surface area contributed by atoms with Crippen molar-refractivity contribution in [3.05, 3.63) is 63.4 Å². The Morgan fingerprint density at radius 1 is 1.18 bits per heavy atom. The summed E-state index contributed by atoms with van der Waals surface area (Å²) in [6.07, 6.45) is 1.45. The van der Waals surface area contributed by atoms with Crippen molar-refractivity contribution in [2.75, 3.05) is 6.61 Å². The number of nitrogens with zero attached hydrogens (tertiary/aromatic N) is 1. The standard InChI is InChI=1S/C17H10BrNO3/c18-12-3-1-11(2-4-12)15-10-22-16-9-13(21-8-7-19)5-6-14(16)17(15)20/h1-6,9-10H,8H2. The minimum Gasteiger partial charge on any atom is -0.479 e. The van der Waals surface area contributed by atoms with Crippen LogP contribution in [0.3, 0.4) is 0 Å². The molecule has 22 heavy (non-hydrogen) atoms. The van der Waals surface area contributed by atoms with E-state index in [9.17, 15) is 4.79 Å². The molecule has 1 aromatic heterocycles. The van der Waals surface area contributed by atoms with Gasteiger partial charge in [0.2, 0.25) is 0 Å². The summed E-state index contributed by atoms with van der Waals surface area (Å²) < 4.78 is 11.7. The molecule has 0 amide bonds. The van der Waals surface area contributed by atoms with E-state index in [2.05, 4.69) is 15.9 Å². The van der Waals surface area contributed by atoms with Gasteiger partial charge in [0, 0.05) is 10.5 Å². The maximum absolute atomic E-state index is 12.6. The lowest BCUT2D eigenvalue weighted by molar-refractivity contribution is 0.368. The highest BCUT2D eigenvalue weighted by Crippen LogP contribution is 2.24. The molecule has 0 radical (unpaired) electrons. The van der Waals surface area contributed by atoms with Gasteiger partial charge in [0.05, 0.1) is 10.9 Å². The minimum atomic E-state index is -0.101. The number of benzene rings is 2. The van der Waals surface area contributed by atoms with Gasteiger partial charge in [-0.1, -0.05) is 28.1 Å². The highest BCUT2D eigenvalue weighted by atomic mass is 79.9. The number of hydrogen-bond donors (Lipinski definition) is 0. The molecule has 5 heteroatoms. The van der Waals surface area contributed by atoms with Crippen molar-refractivity contribution in [1.82, 2.24) is 0 Å². The minimum absolute atomic E-state index is 0.0489. The highest BCUT2D eigenvalue weighted by Gasteiger charge is 2.10. The highest BCUT2D eigenvalue weighted by molar-refractivity contribution is 9.10. The fraction of sp³-hybridized carbons (Fsp3) is 0.0588. The smallest absolute Gasteiger partial charge is 0.200 e. The molecule has 0 aliphatic rings. The van der Waals surface area contributed by atoms with Crippen molar-refractivity contribution >= 4 is 26.9 Å². The van der Waals surface area contributed by atoms with E-state index in [0.717, 1.165) is 10.0 Å². The normalized spacial score (nSPS) is 10.4. The molecule has 108 valence electrons. The predicted octanol–water partition coefficient (Wildman–Crippen LogP) is 4.12. The fourth-order valence-corrected chi connectivity index (χ4v) is 2.41. The van der Waals surface area contributed by atoms with Crippen LogP contribution in [0.5, 0.6) is 5.75 Å². The monoisotopic (exact) mass is 355 g/mol. The second-order valence-electron chi connectivity index (χ2n) is 4.59. The van der Waals surface area contributed by atoms with Gasteiger partial charge >= 0.3 is 0 Å². The number of rotatable bonds is 3. The molecule has 0 aliphatic carbocycles. The third-order valence-electron chi connectivity index (χ3n) is 3.20. The first-order chi connectivity index (χ1) is 10.7. The van der Waals surface area contributed by atoms with E-state index in [1.54, 1.807) is 18.2 Å². The summed E-state index contributed by atoms with van der Waals surface area (Å²) in [5, 5.41) is 8.99. The zero-order valence-corrected chi connectivity index (χ0v) is 13.0. The molecule has 0 bridgehead atoms. The van der Waals surface area contributed by atoms with Gasteiger partial charge in [0.15, 0.2) is 12.0 Å². The van der Waals surface area contributed by atoms with Gasteiger partial charge in [-0.3, -0.25) is 4.79 Å². The molecule has 0 aliphatic heterocycles. The summed E-state index contributed by atoms with van der Waals surface area (Å²) in [4.78, 5) is 12.6. The molecule has 4 nitrogen and oxygen atoms in total. The van der Waals surface area contributed by atoms with Crippen molar-refractivity contribution in [2.45, 2.75) is 0 Å². The van der Waals surface area contributed by atoms with Gasteiger partial charge in [0.1, 0.15) is 23.7 Å². The molecule has 0 unspecified atom stereocenters. The Bertz CT molecular complexity index is 923. The zero-order chi connectivity index (χ0) is 15.5. The van der Waals surface area contributed by atoms with Crippen LogP contribution in [0.2, 0.25) is 0 Å². The van der Waals surface area contributed by atoms with Crippen LogP contribution in [0, 0.1) is 11.3 Å². The van der Waals surface area contributed by atoms with Crippen LogP contribution in [0.15, 0.2) is 62.4 Å². The fourth-order valence-electron chi connectivity index (χ4n) is 2.14.